The van der Waals surface area contributed by atoms with Gasteiger partial charge in [-0.25, -0.2) is 0 Å². The summed E-state index contributed by atoms with van der Waals surface area (Å²) >= 11 is 0. The average Bonchev–Trinajstić information content (AvgIpc) is 2.70. The molecule has 7 nitrogen and oxygen atoms in total. The molecule has 164 valence electrons. The van der Waals surface area contributed by atoms with E-state index in [-0.39, 0.29) is 24.7 Å². The Morgan fingerprint density at radius 2 is 1.43 bits per heavy atom. The highest BCUT2D eigenvalue weighted by Gasteiger charge is 2.40. The van der Waals surface area contributed by atoms with Crippen LogP contribution < -0.4 is 0 Å². The minimum absolute atomic E-state index is 0.231. The zero-order valence-electron chi connectivity index (χ0n) is 17.9. The molecule has 1 saturated heterocycles. The first-order chi connectivity index (χ1) is 13.0. The third-order valence-electron chi connectivity index (χ3n) is 6.58. The first-order valence-corrected chi connectivity index (χ1v) is 10.4. The van der Waals surface area contributed by atoms with Gasteiger partial charge in [0.15, 0.2) is 0 Å². The van der Waals surface area contributed by atoms with Gasteiger partial charge in [0.25, 0.3) is 0 Å². The van der Waals surface area contributed by atoms with Gasteiger partial charge in [-0.15, -0.1) is 0 Å². The van der Waals surface area contributed by atoms with Crippen LogP contribution in [-0.4, -0.2) is 63.2 Å². The molecule has 1 aliphatic heterocycles. The van der Waals surface area contributed by atoms with Crippen LogP contribution in [0.4, 0.5) is 0 Å². The van der Waals surface area contributed by atoms with E-state index in [2.05, 4.69) is 0 Å². The zero-order chi connectivity index (χ0) is 21.8. The average molecular weight is 403 g/mol. The highest BCUT2D eigenvalue weighted by atomic mass is 16.5. The summed E-state index contributed by atoms with van der Waals surface area (Å²) in [7, 11) is 0. The Balaban J connectivity index is 3.28. The molecular weight excluding hydrogens is 364 g/mol. The largest absolute Gasteiger partial charge is 0.462 e. The van der Waals surface area contributed by atoms with Gasteiger partial charge in [0.05, 0.1) is 30.8 Å². The van der Waals surface area contributed by atoms with E-state index in [1.165, 1.54) is 0 Å². The molecule has 1 aliphatic rings. The maximum atomic E-state index is 12.9. The Bertz CT molecular complexity index is 521. The van der Waals surface area contributed by atoms with Crippen LogP contribution in [0.1, 0.15) is 54.4 Å². The maximum Gasteiger partial charge on any atom is 0.311 e. The summed E-state index contributed by atoms with van der Waals surface area (Å²) in [5.74, 6) is -4.65. The Morgan fingerprint density at radius 3 is 1.93 bits per heavy atom. The van der Waals surface area contributed by atoms with E-state index in [1.807, 2.05) is 6.92 Å². The highest BCUT2D eigenvalue weighted by molar-refractivity contribution is 5.83. The molecule has 0 aromatic heterocycles. The lowest BCUT2D eigenvalue weighted by atomic mass is 9.76. The normalized spacial score (nSPS) is 44.6. The first kappa shape index (κ1) is 25.0. The standard InChI is InChI=1S/C21H38O7/c1-7-16-11(3)18(24)13(5)20(26)15(9-22)8-10(2)17(23)12(4)19(25)14(6)21(27)28-16/h10-19,22-25H,7-9H2,1-6H3/t10-,11-,12+,13+,14+,15-,16+,17-,18-,19-/m0/s1. The topological polar surface area (TPSA) is 124 Å². The number of carbonyl (C=O) groups excluding carboxylic acids is 2. The fraction of sp³-hybridized carbons (Fsp3) is 0.905. The maximum absolute atomic E-state index is 12.9. The lowest BCUT2D eigenvalue weighted by molar-refractivity contribution is -0.166. The number of hydrogen-bond donors (Lipinski definition) is 4. The number of aliphatic hydroxyl groups excluding tert-OH is 4. The van der Waals surface area contributed by atoms with E-state index < -0.39 is 60.0 Å². The molecule has 28 heavy (non-hydrogen) atoms. The van der Waals surface area contributed by atoms with Gasteiger partial charge in [-0.1, -0.05) is 34.6 Å². The van der Waals surface area contributed by atoms with Gasteiger partial charge in [0.2, 0.25) is 0 Å². The summed E-state index contributed by atoms with van der Waals surface area (Å²) in [4.78, 5) is 25.4. The first-order valence-electron chi connectivity index (χ1n) is 10.4. The van der Waals surface area contributed by atoms with Crippen LogP contribution in [0, 0.1) is 35.5 Å². The summed E-state index contributed by atoms with van der Waals surface area (Å²) in [6.45, 7) is 9.75. The molecule has 0 aliphatic carbocycles. The van der Waals surface area contributed by atoms with E-state index in [0.29, 0.717) is 6.42 Å². The van der Waals surface area contributed by atoms with Crippen molar-refractivity contribution in [2.24, 2.45) is 35.5 Å². The third-order valence-corrected chi connectivity index (χ3v) is 6.58. The van der Waals surface area contributed by atoms with E-state index in [1.54, 1.807) is 34.6 Å². The number of Topliss-reactive ketones (excluding diaryl/α,β-unsaturated/α-hetero) is 1. The van der Waals surface area contributed by atoms with Gasteiger partial charge in [-0.3, -0.25) is 9.59 Å². The van der Waals surface area contributed by atoms with Gasteiger partial charge in [0.1, 0.15) is 11.9 Å². The van der Waals surface area contributed by atoms with Crippen molar-refractivity contribution in [2.75, 3.05) is 6.61 Å². The van der Waals surface area contributed by atoms with E-state index in [0.717, 1.165) is 0 Å². The smallest absolute Gasteiger partial charge is 0.311 e. The molecule has 1 rings (SSSR count). The molecule has 0 aromatic carbocycles. The number of rotatable bonds is 2. The van der Waals surface area contributed by atoms with E-state index in [4.69, 9.17) is 4.74 Å². The van der Waals surface area contributed by atoms with Gasteiger partial charge in [0, 0.05) is 23.7 Å². The molecule has 0 aromatic rings. The molecule has 0 unspecified atom stereocenters. The molecule has 0 saturated carbocycles. The predicted octanol–water partition coefficient (Wildman–Crippen LogP) is 1.15. The third kappa shape index (κ3) is 5.53. The molecule has 1 fully saturated rings. The SMILES string of the molecule is CC[C@H]1OC(=O)[C@H](C)[C@@H](O)[C@H](C)[C@@H](O)[C@@H](C)C[C@@H](CO)C(=O)[C@H](C)[C@@H](O)[C@H]1C. The Kier molecular flexibility index (Phi) is 9.53. The van der Waals surface area contributed by atoms with Crippen molar-refractivity contribution < 1.29 is 34.8 Å². The van der Waals surface area contributed by atoms with Gasteiger partial charge >= 0.3 is 5.97 Å². The lowest BCUT2D eigenvalue weighted by Gasteiger charge is -2.36. The van der Waals surface area contributed by atoms with E-state index in [9.17, 15) is 30.0 Å². The fourth-order valence-corrected chi connectivity index (χ4v) is 4.22. The number of ketones is 1. The zero-order valence-corrected chi connectivity index (χ0v) is 17.9. The Labute approximate surface area is 168 Å². The Hall–Kier alpha value is -1.02. The van der Waals surface area contributed by atoms with Gasteiger partial charge in [-0.05, 0) is 25.7 Å². The van der Waals surface area contributed by atoms with Crippen molar-refractivity contribution in [3.05, 3.63) is 0 Å². The molecule has 0 radical (unpaired) electrons. The van der Waals surface area contributed by atoms with Crippen LogP contribution in [0.2, 0.25) is 0 Å². The number of esters is 1. The molecule has 10 atom stereocenters. The minimum Gasteiger partial charge on any atom is -0.462 e. The summed E-state index contributed by atoms with van der Waals surface area (Å²) in [6.07, 6.45) is -3.05. The van der Waals surface area contributed by atoms with Crippen molar-refractivity contribution in [1.82, 2.24) is 0 Å². The van der Waals surface area contributed by atoms with Crippen molar-refractivity contribution in [2.45, 2.75) is 78.8 Å². The molecule has 1 heterocycles. The number of ether oxygens (including phenoxy) is 1. The highest BCUT2D eigenvalue weighted by Crippen LogP contribution is 2.31. The summed E-state index contributed by atoms with van der Waals surface area (Å²) in [5.41, 5.74) is 0. The number of aliphatic hydroxyl groups is 4. The molecule has 7 heteroatoms. The van der Waals surface area contributed by atoms with Crippen molar-refractivity contribution in [3.63, 3.8) is 0 Å². The quantitative estimate of drug-likeness (QED) is 0.511. The van der Waals surface area contributed by atoms with Crippen LogP contribution in [0.15, 0.2) is 0 Å². The summed E-state index contributed by atoms with van der Waals surface area (Å²) < 4.78 is 5.56. The van der Waals surface area contributed by atoms with Crippen LogP contribution in [0.5, 0.6) is 0 Å². The summed E-state index contributed by atoms with van der Waals surface area (Å²) in [6, 6.07) is 0. The molecular formula is C21H38O7. The molecule has 0 bridgehead atoms. The van der Waals surface area contributed by atoms with E-state index >= 15 is 0 Å². The van der Waals surface area contributed by atoms with Crippen molar-refractivity contribution in [3.8, 4) is 0 Å². The van der Waals surface area contributed by atoms with Gasteiger partial charge in [-0.2, -0.15) is 0 Å². The molecule has 4 N–H and O–H groups in total. The number of cyclic esters (lactones) is 1. The fourth-order valence-electron chi connectivity index (χ4n) is 4.22. The van der Waals surface area contributed by atoms with Crippen LogP contribution in [0.3, 0.4) is 0 Å². The Morgan fingerprint density at radius 1 is 0.893 bits per heavy atom. The monoisotopic (exact) mass is 402 g/mol. The molecule has 0 amide bonds. The van der Waals surface area contributed by atoms with Gasteiger partial charge < -0.3 is 25.2 Å². The van der Waals surface area contributed by atoms with Crippen LogP contribution in [-0.2, 0) is 14.3 Å². The minimum atomic E-state index is -1.12. The van der Waals surface area contributed by atoms with Crippen LogP contribution >= 0.6 is 0 Å². The molecule has 0 spiro atoms. The second-order valence-corrected chi connectivity index (χ2v) is 8.65. The van der Waals surface area contributed by atoms with Crippen LogP contribution in [0.25, 0.3) is 0 Å². The lowest BCUT2D eigenvalue weighted by Crippen LogP contribution is -2.46. The predicted molar refractivity (Wildman–Crippen MR) is 104 cm³/mol. The summed E-state index contributed by atoms with van der Waals surface area (Å²) in [5, 5.41) is 41.7. The number of hydrogen-bond acceptors (Lipinski definition) is 7. The van der Waals surface area contributed by atoms with Crippen molar-refractivity contribution >= 4 is 11.8 Å². The number of carbonyl (C=O) groups is 2. The second kappa shape index (κ2) is 10.7. The second-order valence-electron chi connectivity index (χ2n) is 8.65. The van der Waals surface area contributed by atoms with Crippen molar-refractivity contribution in [1.29, 1.82) is 0 Å².